The fraction of sp³-hybridized carbons (Fsp3) is 0.467. The predicted octanol–water partition coefficient (Wildman–Crippen LogP) is 4.94. The van der Waals surface area contributed by atoms with Gasteiger partial charge in [0.25, 0.3) is 5.91 Å². The summed E-state index contributed by atoms with van der Waals surface area (Å²) in [5.41, 5.74) is 0.993. The van der Waals surface area contributed by atoms with E-state index in [0.717, 1.165) is 10.5 Å². The summed E-state index contributed by atoms with van der Waals surface area (Å²) in [6, 6.07) is 13.0. The minimum absolute atomic E-state index is 0.0387. The highest BCUT2D eigenvalue weighted by Gasteiger charge is 2.48. The molecule has 0 spiro atoms. The number of ketones is 1. The molecule has 3 rings (SSSR count). The second kappa shape index (κ2) is 12.9. The molecular formula is C30H38FN3O5. The Morgan fingerprint density at radius 2 is 1.74 bits per heavy atom. The molecule has 1 heterocycles. The van der Waals surface area contributed by atoms with Gasteiger partial charge < -0.3 is 15.3 Å². The van der Waals surface area contributed by atoms with Crippen LogP contribution in [0.2, 0.25) is 0 Å². The number of hydrogen-bond donors (Lipinski definition) is 2. The summed E-state index contributed by atoms with van der Waals surface area (Å²) in [7, 11) is 0. The summed E-state index contributed by atoms with van der Waals surface area (Å²) >= 11 is 0. The molecule has 1 aliphatic rings. The van der Waals surface area contributed by atoms with Crippen molar-refractivity contribution in [3.05, 3.63) is 71.5 Å². The second-order valence-corrected chi connectivity index (χ2v) is 11.0. The van der Waals surface area contributed by atoms with Gasteiger partial charge >= 0.3 is 6.09 Å². The molecule has 8 nitrogen and oxygen atoms in total. The molecule has 3 atom stereocenters. The summed E-state index contributed by atoms with van der Waals surface area (Å²) in [4.78, 5) is 55.2. The van der Waals surface area contributed by atoms with E-state index in [2.05, 4.69) is 5.32 Å². The maximum absolute atomic E-state index is 13.5. The zero-order chi connectivity index (χ0) is 28.7. The van der Waals surface area contributed by atoms with Gasteiger partial charge in [0.05, 0.1) is 12.5 Å². The molecule has 0 aromatic heterocycles. The zero-order valence-corrected chi connectivity index (χ0v) is 23.0. The molecule has 1 fully saturated rings. The number of nitrogens with one attached hydrogen (secondary N) is 1. The number of rotatable bonds is 11. The van der Waals surface area contributed by atoms with Gasteiger partial charge in [0, 0.05) is 6.54 Å². The van der Waals surface area contributed by atoms with E-state index in [9.17, 15) is 28.7 Å². The highest BCUT2D eigenvalue weighted by Crippen LogP contribution is 2.37. The molecule has 39 heavy (non-hydrogen) atoms. The first-order chi connectivity index (χ1) is 18.4. The number of nitrogens with zero attached hydrogens (tertiary/aromatic N) is 2. The van der Waals surface area contributed by atoms with E-state index >= 15 is 0 Å². The molecule has 1 aliphatic heterocycles. The number of amides is 3. The lowest BCUT2D eigenvalue weighted by Gasteiger charge is -2.38. The standard InChI is InChI=1S/C30H38FN3O5/c1-5-6-12-24(27(36)28(37)32-20(2)22-10-8-7-9-11-22)34(29(38)39)25-18-30(3,4)19-33(25)26(35)17-21-13-15-23(31)16-14-21/h7-11,13-16,20,24-25H,5-6,12,17-19H2,1-4H3,(H,32,37)(H,38,39)/t20?,24-,25?/m0/s1. The van der Waals surface area contributed by atoms with Crippen LogP contribution in [0.15, 0.2) is 54.6 Å². The largest absolute Gasteiger partial charge is 0.465 e. The average molecular weight is 540 g/mol. The average Bonchev–Trinajstić information content (AvgIpc) is 3.22. The fourth-order valence-corrected chi connectivity index (χ4v) is 5.12. The number of halogens is 1. The first-order valence-corrected chi connectivity index (χ1v) is 13.4. The van der Waals surface area contributed by atoms with Crippen LogP contribution in [0.3, 0.4) is 0 Å². The summed E-state index contributed by atoms with van der Waals surface area (Å²) < 4.78 is 13.4. The molecule has 0 bridgehead atoms. The van der Waals surface area contributed by atoms with Gasteiger partial charge in [-0.15, -0.1) is 0 Å². The maximum atomic E-state index is 13.5. The Balaban J connectivity index is 1.88. The van der Waals surface area contributed by atoms with E-state index in [4.69, 9.17) is 0 Å². The highest BCUT2D eigenvalue weighted by atomic mass is 19.1. The Morgan fingerprint density at radius 3 is 2.33 bits per heavy atom. The third-order valence-corrected chi connectivity index (χ3v) is 7.16. The van der Waals surface area contributed by atoms with Crippen molar-refractivity contribution in [2.45, 2.75) is 78.0 Å². The smallest absolute Gasteiger partial charge is 0.409 e. The van der Waals surface area contributed by atoms with Crippen molar-refractivity contribution >= 4 is 23.7 Å². The SMILES string of the molecule is CCCC[C@@H](C(=O)C(=O)NC(C)c1ccccc1)N(C(=O)O)C1CC(C)(C)CN1C(=O)Cc1ccc(F)cc1. The Kier molecular flexibility index (Phi) is 9.83. The van der Waals surface area contributed by atoms with Crippen molar-refractivity contribution in [1.29, 1.82) is 0 Å². The predicted molar refractivity (Wildman–Crippen MR) is 145 cm³/mol. The van der Waals surface area contributed by atoms with E-state index in [1.807, 2.05) is 51.1 Å². The molecule has 3 amide bonds. The van der Waals surface area contributed by atoms with Gasteiger partial charge in [-0.25, -0.2) is 9.18 Å². The molecule has 1 saturated heterocycles. The molecule has 210 valence electrons. The van der Waals surface area contributed by atoms with Gasteiger partial charge in [-0.3, -0.25) is 19.3 Å². The van der Waals surface area contributed by atoms with Crippen molar-refractivity contribution < 1.29 is 28.7 Å². The molecule has 0 aliphatic carbocycles. The normalized spacial score (nSPS) is 17.8. The molecule has 2 aromatic rings. The number of carbonyl (C=O) groups excluding carboxylic acids is 3. The molecule has 9 heteroatoms. The second-order valence-electron chi connectivity index (χ2n) is 11.0. The van der Waals surface area contributed by atoms with Crippen LogP contribution in [0.25, 0.3) is 0 Å². The molecular weight excluding hydrogens is 501 g/mol. The zero-order valence-electron chi connectivity index (χ0n) is 23.0. The van der Waals surface area contributed by atoms with Crippen molar-refractivity contribution in [3.63, 3.8) is 0 Å². The highest BCUT2D eigenvalue weighted by molar-refractivity contribution is 6.38. The maximum Gasteiger partial charge on any atom is 0.409 e. The van der Waals surface area contributed by atoms with Crippen LogP contribution in [0.5, 0.6) is 0 Å². The summed E-state index contributed by atoms with van der Waals surface area (Å²) in [6.07, 6.45) is -0.628. The topological polar surface area (TPSA) is 107 Å². The number of Topliss-reactive ketones (excluding diaryl/α,β-unsaturated/α-hetero) is 1. The summed E-state index contributed by atoms with van der Waals surface area (Å²) in [5.74, 6) is -2.45. The molecule has 2 unspecified atom stereocenters. The van der Waals surface area contributed by atoms with Crippen molar-refractivity contribution in [1.82, 2.24) is 15.1 Å². The lowest BCUT2D eigenvalue weighted by Crippen LogP contribution is -2.58. The molecule has 0 saturated carbocycles. The summed E-state index contributed by atoms with van der Waals surface area (Å²) in [6.45, 7) is 7.82. The lowest BCUT2D eigenvalue weighted by molar-refractivity contribution is -0.144. The number of hydrogen-bond acceptors (Lipinski definition) is 4. The molecule has 2 N–H and O–H groups in total. The van der Waals surface area contributed by atoms with E-state index in [-0.39, 0.29) is 25.3 Å². The van der Waals surface area contributed by atoms with Crippen LogP contribution in [0, 0.1) is 11.2 Å². The van der Waals surface area contributed by atoms with Crippen LogP contribution in [0.1, 0.15) is 70.5 Å². The van der Waals surface area contributed by atoms with E-state index in [0.29, 0.717) is 24.8 Å². The fourth-order valence-electron chi connectivity index (χ4n) is 5.12. The quantitative estimate of drug-likeness (QED) is 0.394. The van der Waals surface area contributed by atoms with Crippen molar-refractivity contribution in [3.8, 4) is 0 Å². The van der Waals surface area contributed by atoms with Crippen LogP contribution in [0.4, 0.5) is 9.18 Å². The minimum Gasteiger partial charge on any atom is -0.465 e. The van der Waals surface area contributed by atoms with E-state index in [1.165, 1.54) is 29.2 Å². The third kappa shape index (κ3) is 7.65. The lowest BCUT2D eigenvalue weighted by atomic mass is 9.91. The summed E-state index contributed by atoms with van der Waals surface area (Å²) in [5, 5.41) is 13.1. The van der Waals surface area contributed by atoms with Crippen LogP contribution < -0.4 is 5.32 Å². The van der Waals surface area contributed by atoms with Gasteiger partial charge in [0.1, 0.15) is 18.0 Å². The monoisotopic (exact) mass is 539 g/mol. The van der Waals surface area contributed by atoms with Gasteiger partial charge in [0.2, 0.25) is 11.7 Å². The van der Waals surface area contributed by atoms with Gasteiger partial charge in [-0.2, -0.15) is 0 Å². The van der Waals surface area contributed by atoms with Crippen LogP contribution in [-0.4, -0.2) is 57.3 Å². The van der Waals surface area contributed by atoms with Crippen molar-refractivity contribution in [2.75, 3.05) is 6.54 Å². The minimum atomic E-state index is -1.37. The van der Waals surface area contributed by atoms with Gasteiger partial charge in [0.15, 0.2) is 0 Å². The Hall–Kier alpha value is -3.75. The van der Waals surface area contributed by atoms with Crippen LogP contribution in [-0.2, 0) is 20.8 Å². The Bertz CT molecular complexity index is 1170. The first-order valence-electron chi connectivity index (χ1n) is 13.4. The van der Waals surface area contributed by atoms with E-state index in [1.54, 1.807) is 6.92 Å². The number of carbonyl (C=O) groups is 4. The Morgan fingerprint density at radius 1 is 1.10 bits per heavy atom. The van der Waals surface area contributed by atoms with Gasteiger partial charge in [-0.1, -0.05) is 76.1 Å². The first kappa shape index (κ1) is 29.8. The molecule has 0 radical (unpaired) electrons. The number of carboxylic acid groups (broad SMARTS) is 1. The van der Waals surface area contributed by atoms with Gasteiger partial charge in [-0.05, 0) is 48.4 Å². The van der Waals surface area contributed by atoms with Crippen LogP contribution >= 0.6 is 0 Å². The molecule has 2 aromatic carbocycles. The van der Waals surface area contributed by atoms with Crippen molar-refractivity contribution in [2.24, 2.45) is 5.41 Å². The number of benzene rings is 2. The number of unbranched alkanes of at least 4 members (excludes halogenated alkanes) is 1. The number of likely N-dealkylation sites (tertiary alicyclic amines) is 1. The third-order valence-electron chi connectivity index (χ3n) is 7.16. The van der Waals surface area contributed by atoms with E-state index < -0.39 is 47.3 Å². The Labute approximate surface area is 229 Å².